The smallest absolute Gasteiger partial charge is 0.206 e. The molecule has 0 bridgehead atoms. The number of hydrogen-bond acceptors (Lipinski definition) is 5. The third-order valence-corrected chi connectivity index (χ3v) is 4.59. The Labute approximate surface area is 148 Å². The number of tetrazole rings is 1. The van der Waals surface area contributed by atoms with Crippen LogP contribution in [0.3, 0.4) is 0 Å². The molecule has 3 heterocycles. The van der Waals surface area contributed by atoms with E-state index in [0.29, 0.717) is 5.82 Å². The van der Waals surface area contributed by atoms with Crippen LogP contribution in [0, 0.1) is 13.8 Å². The van der Waals surface area contributed by atoms with Crippen molar-refractivity contribution in [2.45, 2.75) is 13.8 Å². The van der Waals surface area contributed by atoms with Crippen LogP contribution in [0.25, 0.3) is 38.9 Å². The molecule has 0 radical (unpaired) electrons. The second kappa shape index (κ2) is 5.45. The van der Waals surface area contributed by atoms with E-state index in [-0.39, 0.29) is 0 Å². The van der Waals surface area contributed by atoms with Crippen LogP contribution in [0.1, 0.15) is 11.4 Å². The number of aryl methyl sites for hydroxylation is 2. The lowest BCUT2D eigenvalue weighted by molar-refractivity contribution is 0.881. The second-order valence-electron chi connectivity index (χ2n) is 6.22. The maximum atomic E-state index is 4.76. The summed E-state index contributed by atoms with van der Waals surface area (Å²) in [4.78, 5) is 4.75. The number of nitrogens with one attached hydrogen (secondary N) is 1. The Bertz CT molecular complexity index is 1250. The Morgan fingerprint density at radius 2 is 1.81 bits per heavy atom. The van der Waals surface area contributed by atoms with E-state index in [9.17, 15) is 0 Å². The molecule has 1 N–H and O–H groups in total. The molecule has 7 nitrogen and oxygen atoms in total. The molecule has 0 unspecified atom stereocenters. The van der Waals surface area contributed by atoms with Gasteiger partial charge in [-0.3, -0.25) is 0 Å². The van der Waals surface area contributed by atoms with E-state index in [1.807, 2.05) is 42.8 Å². The molecule has 5 rings (SSSR count). The van der Waals surface area contributed by atoms with Gasteiger partial charge in [-0.25, -0.2) is 9.67 Å². The zero-order chi connectivity index (χ0) is 17.7. The Balaban J connectivity index is 1.85. The number of hydrogen-bond donors (Lipinski definition) is 1. The average molecular weight is 341 g/mol. The first-order valence-corrected chi connectivity index (χ1v) is 8.31. The van der Waals surface area contributed by atoms with Gasteiger partial charge in [-0.15, -0.1) is 10.2 Å². The van der Waals surface area contributed by atoms with Crippen LogP contribution in [0.4, 0.5) is 0 Å². The van der Waals surface area contributed by atoms with Crippen LogP contribution in [-0.4, -0.2) is 35.4 Å². The number of benzene rings is 2. The summed E-state index contributed by atoms with van der Waals surface area (Å²) in [5.41, 5.74) is 5.39. The fourth-order valence-corrected chi connectivity index (χ4v) is 3.35. The quantitative estimate of drug-likeness (QED) is 0.532. The van der Waals surface area contributed by atoms with E-state index in [0.717, 1.165) is 39.1 Å². The summed E-state index contributed by atoms with van der Waals surface area (Å²) in [6, 6.07) is 16.5. The maximum Gasteiger partial charge on any atom is 0.206 e. The Morgan fingerprint density at radius 1 is 0.962 bits per heavy atom. The summed E-state index contributed by atoms with van der Waals surface area (Å²) in [5.74, 6) is 0.528. The summed E-state index contributed by atoms with van der Waals surface area (Å²) >= 11 is 0. The van der Waals surface area contributed by atoms with Crippen LogP contribution in [0.15, 0.2) is 48.5 Å². The second-order valence-corrected chi connectivity index (χ2v) is 6.22. The predicted octanol–water partition coefficient (Wildman–Crippen LogP) is 3.37. The lowest BCUT2D eigenvalue weighted by atomic mass is 10.1. The average Bonchev–Trinajstić information content (AvgIpc) is 3.29. The van der Waals surface area contributed by atoms with Crippen molar-refractivity contribution in [2.75, 3.05) is 0 Å². The molecule has 0 atom stereocenters. The van der Waals surface area contributed by atoms with Gasteiger partial charge in [0.2, 0.25) is 5.82 Å². The van der Waals surface area contributed by atoms with Crippen molar-refractivity contribution >= 4 is 21.8 Å². The number of fused-ring (bicyclic) bond motifs is 2. The van der Waals surface area contributed by atoms with Crippen LogP contribution in [-0.2, 0) is 0 Å². The Hall–Kier alpha value is -3.61. The van der Waals surface area contributed by atoms with Crippen molar-refractivity contribution in [2.24, 2.45) is 0 Å². The third kappa shape index (κ3) is 2.10. The van der Waals surface area contributed by atoms with Gasteiger partial charge >= 0.3 is 0 Å². The minimum Gasteiger partial charge on any atom is -0.249 e. The van der Waals surface area contributed by atoms with E-state index in [2.05, 4.69) is 44.9 Å². The minimum atomic E-state index is 0.528. The van der Waals surface area contributed by atoms with Gasteiger partial charge < -0.3 is 0 Å². The molecule has 0 aliphatic carbocycles. The monoisotopic (exact) mass is 341 g/mol. The number of aromatic amines is 1. The molecule has 3 aromatic heterocycles. The molecule has 0 aliphatic rings. The highest BCUT2D eigenvalue weighted by atomic mass is 15.5. The number of aromatic nitrogens is 7. The summed E-state index contributed by atoms with van der Waals surface area (Å²) in [6.45, 7) is 3.92. The topological polar surface area (TPSA) is 85.2 Å². The fraction of sp³-hybridized carbons (Fsp3) is 0.105. The molecule has 0 saturated heterocycles. The molecule has 0 aliphatic heterocycles. The molecular formula is C19H15N7. The molecule has 26 heavy (non-hydrogen) atoms. The molecule has 7 heteroatoms. The number of rotatable bonds is 2. The van der Waals surface area contributed by atoms with Crippen LogP contribution >= 0.6 is 0 Å². The highest BCUT2D eigenvalue weighted by molar-refractivity contribution is 5.93. The first-order chi connectivity index (χ1) is 12.7. The van der Waals surface area contributed by atoms with E-state index in [4.69, 9.17) is 10.1 Å². The molecule has 126 valence electrons. The van der Waals surface area contributed by atoms with Gasteiger partial charge in [0.25, 0.3) is 0 Å². The zero-order valence-corrected chi connectivity index (χ0v) is 14.3. The number of H-pyrrole nitrogens is 1. The van der Waals surface area contributed by atoms with Crippen molar-refractivity contribution < 1.29 is 0 Å². The van der Waals surface area contributed by atoms with Crippen LogP contribution in [0.5, 0.6) is 0 Å². The van der Waals surface area contributed by atoms with Crippen molar-refractivity contribution in [1.29, 1.82) is 0 Å². The summed E-state index contributed by atoms with van der Waals surface area (Å²) in [7, 11) is 0. The number of pyridine rings is 1. The largest absolute Gasteiger partial charge is 0.249 e. The summed E-state index contributed by atoms with van der Waals surface area (Å²) in [6.07, 6.45) is 0. The molecule has 0 fully saturated rings. The lowest BCUT2D eigenvalue weighted by Crippen LogP contribution is -1.99. The first-order valence-electron chi connectivity index (χ1n) is 8.31. The highest BCUT2D eigenvalue weighted by Gasteiger charge is 2.17. The third-order valence-electron chi connectivity index (χ3n) is 4.59. The first kappa shape index (κ1) is 14.7. The standard InChI is InChI=1S/C19H15N7/c1-11-15(19-21-24-25-22-19)10-17-18(20-11)12(2)23-26(17)16-9-5-7-13-6-3-4-8-14(13)16/h3-10H,1-2H3,(H,21,22,24,25). The summed E-state index contributed by atoms with van der Waals surface area (Å²) < 4.78 is 1.95. The van der Waals surface area contributed by atoms with Gasteiger partial charge in [-0.2, -0.15) is 10.3 Å². The maximum absolute atomic E-state index is 4.76. The predicted molar refractivity (Wildman–Crippen MR) is 99.0 cm³/mol. The normalized spacial score (nSPS) is 11.5. The van der Waals surface area contributed by atoms with Gasteiger partial charge in [0.1, 0.15) is 5.52 Å². The Morgan fingerprint density at radius 3 is 2.65 bits per heavy atom. The molecule has 2 aromatic carbocycles. The molecule has 0 spiro atoms. The van der Waals surface area contributed by atoms with Gasteiger partial charge in [0.05, 0.1) is 16.9 Å². The van der Waals surface area contributed by atoms with Gasteiger partial charge in [0, 0.05) is 16.6 Å². The zero-order valence-electron chi connectivity index (χ0n) is 14.3. The van der Waals surface area contributed by atoms with Crippen LogP contribution in [0.2, 0.25) is 0 Å². The molecule has 0 amide bonds. The van der Waals surface area contributed by atoms with Gasteiger partial charge in [-0.1, -0.05) is 36.4 Å². The van der Waals surface area contributed by atoms with E-state index < -0.39 is 0 Å². The van der Waals surface area contributed by atoms with Crippen molar-refractivity contribution in [1.82, 2.24) is 35.4 Å². The van der Waals surface area contributed by atoms with Crippen molar-refractivity contribution in [3.05, 3.63) is 59.9 Å². The van der Waals surface area contributed by atoms with E-state index in [1.54, 1.807) is 0 Å². The fourth-order valence-electron chi connectivity index (χ4n) is 3.35. The summed E-state index contributed by atoms with van der Waals surface area (Å²) in [5, 5.41) is 21.4. The highest BCUT2D eigenvalue weighted by Crippen LogP contribution is 2.29. The Kier molecular flexibility index (Phi) is 3.08. The van der Waals surface area contributed by atoms with Crippen LogP contribution < -0.4 is 0 Å². The number of nitrogens with zero attached hydrogens (tertiary/aromatic N) is 6. The van der Waals surface area contributed by atoms with Crippen molar-refractivity contribution in [3.8, 4) is 17.1 Å². The van der Waals surface area contributed by atoms with Crippen molar-refractivity contribution in [3.63, 3.8) is 0 Å². The lowest BCUT2D eigenvalue weighted by Gasteiger charge is -2.09. The minimum absolute atomic E-state index is 0.528. The van der Waals surface area contributed by atoms with Gasteiger partial charge in [-0.05, 0) is 36.6 Å². The van der Waals surface area contributed by atoms with Gasteiger partial charge in [0.15, 0.2) is 0 Å². The molecular weight excluding hydrogens is 326 g/mol. The molecule has 5 aromatic rings. The van der Waals surface area contributed by atoms with E-state index >= 15 is 0 Å². The van der Waals surface area contributed by atoms with E-state index in [1.165, 1.54) is 5.39 Å². The molecule has 0 saturated carbocycles. The SMILES string of the molecule is Cc1nc2c(C)nn(-c3cccc4ccccc34)c2cc1-c1nn[nH]n1.